The Balaban J connectivity index is 1.94. The van der Waals surface area contributed by atoms with Crippen molar-refractivity contribution in [1.82, 2.24) is 24.5 Å². The van der Waals surface area contributed by atoms with Gasteiger partial charge in [0.2, 0.25) is 0 Å². The molecule has 98 valence electrons. The zero-order valence-corrected chi connectivity index (χ0v) is 11.7. The lowest BCUT2D eigenvalue weighted by atomic mass is 10.1. The molecular formula is C13H15N5S. The Morgan fingerprint density at radius 1 is 1.37 bits per heavy atom. The van der Waals surface area contributed by atoms with Gasteiger partial charge in [0.25, 0.3) is 0 Å². The number of imidazole rings is 1. The Bertz CT molecular complexity index is 673. The van der Waals surface area contributed by atoms with Crippen LogP contribution in [0.1, 0.15) is 17.6 Å². The summed E-state index contributed by atoms with van der Waals surface area (Å²) in [6.07, 6.45) is 0.799. The Morgan fingerprint density at radius 3 is 2.89 bits per heavy atom. The van der Waals surface area contributed by atoms with Crippen molar-refractivity contribution in [3.8, 4) is 0 Å². The maximum Gasteiger partial charge on any atom is 0.111 e. The van der Waals surface area contributed by atoms with E-state index in [1.54, 1.807) is 0 Å². The summed E-state index contributed by atoms with van der Waals surface area (Å²) >= 11 is 1.37. The van der Waals surface area contributed by atoms with Crippen LogP contribution in [0.25, 0.3) is 11.0 Å². The van der Waals surface area contributed by atoms with Gasteiger partial charge in [-0.05, 0) is 30.7 Å². The molecule has 19 heavy (non-hydrogen) atoms. The first-order valence-corrected chi connectivity index (χ1v) is 6.98. The van der Waals surface area contributed by atoms with E-state index in [9.17, 15) is 0 Å². The lowest BCUT2D eigenvalue weighted by Crippen LogP contribution is -2.20. The van der Waals surface area contributed by atoms with Crippen molar-refractivity contribution in [1.29, 1.82) is 0 Å². The second-order valence-electron chi connectivity index (χ2n) is 4.45. The summed E-state index contributed by atoms with van der Waals surface area (Å²) in [6.45, 7) is 0. The van der Waals surface area contributed by atoms with E-state index in [-0.39, 0.29) is 6.04 Å². The van der Waals surface area contributed by atoms with Gasteiger partial charge in [0.15, 0.2) is 0 Å². The fourth-order valence-corrected chi connectivity index (χ4v) is 2.75. The molecule has 0 saturated heterocycles. The molecule has 0 fully saturated rings. The van der Waals surface area contributed by atoms with E-state index in [1.807, 2.05) is 30.6 Å². The third-order valence-corrected chi connectivity index (χ3v) is 3.87. The third-order valence-electron chi connectivity index (χ3n) is 3.35. The van der Waals surface area contributed by atoms with Gasteiger partial charge < -0.3 is 9.88 Å². The van der Waals surface area contributed by atoms with Gasteiger partial charge in [-0.25, -0.2) is 4.98 Å². The van der Waals surface area contributed by atoms with Crippen LogP contribution in [0, 0.1) is 0 Å². The average Bonchev–Trinajstić information content (AvgIpc) is 3.06. The number of fused-ring (bicyclic) bond motifs is 1. The van der Waals surface area contributed by atoms with Crippen molar-refractivity contribution >= 4 is 22.6 Å². The van der Waals surface area contributed by atoms with Gasteiger partial charge >= 0.3 is 0 Å². The van der Waals surface area contributed by atoms with Gasteiger partial charge in [0.1, 0.15) is 5.82 Å². The van der Waals surface area contributed by atoms with Crippen LogP contribution < -0.4 is 5.32 Å². The van der Waals surface area contributed by atoms with E-state index in [2.05, 4.69) is 37.6 Å². The van der Waals surface area contributed by atoms with Gasteiger partial charge in [-0.15, -0.1) is 5.10 Å². The average molecular weight is 273 g/mol. The van der Waals surface area contributed by atoms with Crippen molar-refractivity contribution in [2.24, 2.45) is 7.05 Å². The van der Waals surface area contributed by atoms with Crippen LogP contribution >= 0.6 is 11.5 Å². The van der Waals surface area contributed by atoms with Crippen LogP contribution in [0.3, 0.4) is 0 Å². The van der Waals surface area contributed by atoms with Crippen LogP contribution in [-0.4, -0.2) is 26.2 Å². The fraction of sp³-hybridized carbons (Fsp3) is 0.308. The summed E-state index contributed by atoms with van der Waals surface area (Å²) in [4.78, 5) is 4.69. The highest BCUT2D eigenvalue weighted by Gasteiger charge is 2.16. The maximum absolute atomic E-state index is 4.69. The molecule has 5 nitrogen and oxygen atoms in total. The number of nitrogens with one attached hydrogen (secondary N) is 1. The van der Waals surface area contributed by atoms with Crippen LogP contribution in [0.15, 0.2) is 29.6 Å². The minimum Gasteiger partial charge on any atom is -0.331 e. The molecule has 1 N–H and O–H groups in total. The molecule has 2 aromatic heterocycles. The van der Waals surface area contributed by atoms with Crippen LogP contribution in [0.2, 0.25) is 0 Å². The van der Waals surface area contributed by atoms with E-state index in [0.717, 1.165) is 29.0 Å². The maximum atomic E-state index is 4.69. The van der Waals surface area contributed by atoms with Crippen molar-refractivity contribution in [2.75, 3.05) is 7.05 Å². The standard InChI is InChI=1S/C13H15N5S/c1-14-10(11-8-19-17-16-11)7-13-15-9-5-3-4-6-12(9)18(13)2/h3-6,8,10,14H,7H2,1-2H3. The number of likely N-dealkylation sites (N-methyl/N-ethyl adjacent to an activating group) is 1. The summed E-state index contributed by atoms with van der Waals surface area (Å²) in [5, 5.41) is 9.39. The lowest BCUT2D eigenvalue weighted by Gasteiger charge is -2.12. The summed E-state index contributed by atoms with van der Waals surface area (Å²) in [5.74, 6) is 1.05. The van der Waals surface area contributed by atoms with E-state index >= 15 is 0 Å². The Labute approximate surface area is 115 Å². The smallest absolute Gasteiger partial charge is 0.111 e. The van der Waals surface area contributed by atoms with Gasteiger partial charge in [-0.1, -0.05) is 16.6 Å². The molecule has 1 aromatic carbocycles. The first-order chi connectivity index (χ1) is 9.29. The molecule has 0 aliphatic carbocycles. The van der Waals surface area contributed by atoms with Gasteiger partial charge in [0, 0.05) is 18.8 Å². The number of para-hydroxylation sites is 2. The Hall–Kier alpha value is -1.79. The second kappa shape index (κ2) is 5.07. The normalized spacial score (nSPS) is 12.9. The summed E-state index contributed by atoms with van der Waals surface area (Å²) in [6, 6.07) is 8.32. The molecule has 3 aromatic rings. The number of nitrogens with zero attached hydrogens (tertiary/aromatic N) is 4. The zero-order chi connectivity index (χ0) is 13.2. The summed E-state index contributed by atoms with van der Waals surface area (Å²) in [5.41, 5.74) is 3.16. The predicted octanol–water partition coefficient (Wildman–Crippen LogP) is 1.93. The first-order valence-electron chi connectivity index (χ1n) is 6.14. The van der Waals surface area contributed by atoms with Crippen molar-refractivity contribution in [3.05, 3.63) is 41.2 Å². The molecule has 0 bridgehead atoms. The Kier molecular flexibility index (Phi) is 3.27. The monoisotopic (exact) mass is 273 g/mol. The highest BCUT2D eigenvalue weighted by Crippen LogP contribution is 2.20. The van der Waals surface area contributed by atoms with Gasteiger partial charge in [-0.2, -0.15) is 0 Å². The number of hydrogen-bond acceptors (Lipinski definition) is 5. The molecule has 0 amide bonds. The van der Waals surface area contributed by atoms with E-state index in [1.165, 1.54) is 11.5 Å². The molecule has 0 aliphatic heterocycles. The van der Waals surface area contributed by atoms with Crippen molar-refractivity contribution in [2.45, 2.75) is 12.5 Å². The van der Waals surface area contributed by atoms with Crippen LogP contribution in [0.5, 0.6) is 0 Å². The highest BCUT2D eigenvalue weighted by atomic mass is 32.1. The molecule has 3 rings (SSSR count). The van der Waals surface area contributed by atoms with Gasteiger partial charge in [-0.3, -0.25) is 0 Å². The molecular weight excluding hydrogens is 258 g/mol. The highest BCUT2D eigenvalue weighted by molar-refractivity contribution is 7.03. The number of rotatable bonds is 4. The molecule has 6 heteroatoms. The molecule has 1 unspecified atom stereocenters. The van der Waals surface area contributed by atoms with E-state index in [0.29, 0.717) is 0 Å². The number of benzene rings is 1. The zero-order valence-electron chi connectivity index (χ0n) is 10.9. The topological polar surface area (TPSA) is 55.6 Å². The largest absolute Gasteiger partial charge is 0.331 e. The molecule has 0 saturated carbocycles. The SMILES string of the molecule is CNC(Cc1nc2ccccc2n1C)c1csnn1. The third kappa shape index (κ3) is 2.24. The van der Waals surface area contributed by atoms with Crippen molar-refractivity contribution < 1.29 is 0 Å². The molecule has 0 spiro atoms. The van der Waals surface area contributed by atoms with Crippen LogP contribution in [0.4, 0.5) is 0 Å². The summed E-state index contributed by atoms with van der Waals surface area (Å²) < 4.78 is 6.06. The quantitative estimate of drug-likeness (QED) is 0.789. The van der Waals surface area contributed by atoms with Gasteiger partial charge in [0.05, 0.1) is 22.8 Å². The lowest BCUT2D eigenvalue weighted by molar-refractivity contribution is 0.551. The van der Waals surface area contributed by atoms with E-state index < -0.39 is 0 Å². The fourth-order valence-electron chi connectivity index (χ4n) is 2.24. The molecule has 0 radical (unpaired) electrons. The predicted molar refractivity (Wildman–Crippen MR) is 76.1 cm³/mol. The number of hydrogen-bond donors (Lipinski definition) is 1. The molecule has 0 aliphatic rings. The second-order valence-corrected chi connectivity index (χ2v) is 5.06. The van der Waals surface area contributed by atoms with Crippen molar-refractivity contribution in [3.63, 3.8) is 0 Å². The van der Waals surface area contributed by atoms with E-state index in [4.69, 9.17) is 0 Å². The number of aryl methyl sites for hydroxylation is 1. The summed E-state index contributed by atoms with van der Waals surface area (Å²) in [7, 11) is 3.99. The molecule has 1 atom stereocenters. The minimum atomic E-state index is 0.147. The first kappa shape index (κ1) is 12.3. The minimum absolute atomic E-state index is 0.147. The number of aromatic nitrogens is 4. The Morgan fingerprint density at radius 2 is 2.21 bits per heavy atom. The van der Waals surface area contributed by atoms with Crippen LogP contribution in [-0.2, 0) is 13.5 Å². The molecule has 2 heterocycles.